The standard InChI is InChI=1S/C14H12F8N2O4/c1-2-27-10(25)13(14(20,21)22,28-6-12(17,18)19)24-11(26)23-7-3-4-8(15)9(16)5-7/h3-5H,2,6H2,1H3,(H2,23,24,26)/t13-/m0/s1. The minimum absolute atomic E-state index is 0.380. The van der Waals surface area contributed by atoms with Gasteiger partial charge in [0.1, 0.15) is 6.61 Å². The van der Waals surface area contributed by atoms with Gasteiger partial charge in [0.2, 0.25) is 0 Å². The summed E-state index contributed by atoms with van der Waals surface area (Å²) in [6.07, 6.45) is -11.2. The number of alkyl halides is 6. The van der Waals surface area contributed by atoms with Crippen LogP contribution in [0, 0.1) is 11.6 Å². The van der Waals surface area contributed by atoms with Crippen LogP contribution >= 0.6 is 0 Å². The van der Waals surface area contributed by atoms with Crippen molar-refractivity contribution in [3.63, 3.8) is 0 Å². The van der Waals surface area contributed by atoms with Gasteiger partial charge in [0.25, 0.3) is 0 Å². The van der Waals surface area contributed by atoms with Crippen LogP contribution < -0.4 is 10.6 Å². The maximum absolute atomic E-state index is 13.4. The predicted octanol–water partition coefficient (Wildman–Crippen LogP) is 3.49. The zero-order valence-corrected chi connectivity index (χ0v) is 13.8. The minimum atomic E-state index is -5.88. The Bertz CT molecular complexity index is 722. The first-order chi connectivity index (χ1) is 12.7. The van der Waals surface area contributed by atoms with Gasteiger partial charge in [-0.25, -0.2) is 18.4 Å². The van der Waals surface area contributed by atoms with E-state index < -0.39 is 60.6 Å². The van der Waals surface area contributed by atoms with E-state index in [2.05, 4.69) is 9.47 Å². The van der Waals surface area contributed by atoms with Gasteiger partial charge in [0, 0.05) is 11.8 Å². The van der Waals surface area contributed by atoms with Gasteiger partial charge in [0.15, 0.2) is 11.6 Å². The molecule has 1 rings (SSSR count). The molecule has 0 unspecified atom stereocenters. The van der Waals surface area contributed by atoms with Crippen molar-refractivity contribution in [2.45, 2.75) is 25.0 Å². The molecule has 0 aromatic heterocycles. The fraction of sp³-hybridized carbons (Fsp3) is 0.429. The first-order valence-corrected chi connectivity index (χ1v) is 7.20. The second kappa shape index (κ2) is 8.58. The lowest BCUT2D eigenvalue weighted by atomic mass is 10.2. The van der Waals surface area contributed by atoms with Crippen molar-refractivity contribution in [1.29, 1.82) is 0 Å². The SMILES string of the molecule is CCOC(=O)[C@](NC(=O)Nc1ccc(F)c(F)c1)(OCC(F)(F)F)C(F)(F)F. The van der Waals surface area contributed by atoms with E-state index in [0.717, 1.165) is 18.3 Å². The number of benzene rings is 1. The van der Waals surface area contributed by atoms with E-state index in [1.54, 1.807) is 5.32 Å². The maximum Gasteiger partial charge on any atom is 0.448 e. The lowest BCUT2D eigenvalue weighted by Crippen LogP contribution is -2.67. The van der Waals surface area contributed by atoms with Crippen molar-refractivity contribution in [2.75, 3.05) is 18.5 Å². The molecule has 6 nitrogen and oxygen atoms in total. The molecule has 0 aliphatic carbocycles. The number of carbonyl (C=O) groups is 2. The van der Waals surface area contributed by atoms with E-state index in [1.807, 2.05) is 0 Å². The molecule has 0 heterocycles. The van der Waals surface area contributed by atoms with E-state index >= 15 is 0 Å². The Kier molecular flexibility index (Phi) is 7.17. The number of ether oxygens (including phenoxy) is 2. The van der Waals surface area contributed by atoms with Crippen LogP contribution in [0.25, 0.3) is 0 Å². The molecule has 1 aromatic carbocycles. The van der Waals surface area contributed by atoms with Crippen LogP contribution in [-0.2, 0) is 14.3 Å². The van der Waals surface area contributed by atoms with Crippen molar-refractivity contribution in [2.24, 2.45) is 0 Å². The average Bonchev–Trinajstić information content (AvgIpc) is 2.53. The van der Waals surface area contributed by atoms with Crippen LogP contribution in [0.1, 0.15) is 6.92 Å². The summed E-state index contributed by atoms with van der Waals surface area (Å²) < 4.78 is 111. The van der Waals surface area contributed by atoms with Gasteiger partial charge in [-0.2, -0.15) is 26.3 Å². The molecule has 2 amide bonds. The average molecular weight is 424 g/mol. The number of hydrogen-bond acceptors (Lipinski definition) is 4. The summed E-state index contributed by atoms with van der Waals surface area (Å²) in [5.74, 6) is -5.18. The molecule has 0 fully saturated rings. The van der Waals surface area contributed by atoms with E-state index in [1.165, 1.54) is 0 Å². The number of urea groups is 1. The number of halogens is 8. The molecule has 1 aromatic rings. The highest BCUT2D eigenvalue weighted by molar-refractivity contribution is 5.94. The van der Waals surface area contributed by atoms with Gasteiger partial charge in [-0.15, -0.1) is 0 Å². The van der Waals surface area contributed by atoms with Crippen molar-refractivity contribution < 1.29 is 54.2 Å². The van der Waals surface area contributed by atoms with E-state index in [-0.39, 0.29) is 0 Å². The Morgan fingerprint density at radius 2 is 1.64 bits per heavy atom. The van der Waals surface area contributed by atoms with E-state index in [0.29, 0.717) is 12.1 Å². The number of amides is 2. The molecule has 0 saturated heterocycles. The highest BCUT2D eigenvalue weighted by Crippen LogP contribution is 2.34. The third kappa shape index (κ3) is 5.94. The molecule has 0 spiro atoms. The molecule has 0 aliphatic heterocycles. The summed E-state index contributed by atoms with van der Waals surface area (Å²) >= 11 is 0. The van der Waals surface area contributed by atoms with Crippen LogP contribution in [0.3, 0.4) is 0 Å². The van der Waals surface area contributed by atoms with Crippen LogP contribution in [0.2, 0.25) is 0 Å². The Balaban J connectivity index is 3.19. The molecule has 1 atom stereocenters. The highest BCUT2D eigenvalue weighted by atomic mass is 19.4. The normalized spacial score (nSPS) is 14.2. The summed E-state index contributed by atoms with van der Waals surface area (Å²) in [5.41, 5.74) is -5.08. The molecule has 14 heteroatoms. The number of carbonyl (C=O) groups excluding carboxylic acids is 2. The van der Waals surface area contributed by atoms with Crippen molar-refractivity contribution in [3.8, 4) is 0 Å². The van der Waals surface area contributed by atoms with Gasteiger partial charge < -0.3 is 14.8 Å². The largest absolute Gasteiger partial charge is 0.462 e. The van der Waals surface area contributed by atoms with Crippen LogP contribution in [0.5, 0.6) is 0 Å². The number of anilines is 1. The summed E-state index contributed by atoms with van der Waals surface area (Å²) in [4.78, 5) is 23.5. The molecule has 28 heavy (non-hydrogen) atoms. The monoisotopic (exact) mass is 424 g/mol. The third-order valence-corrected chi connectivity index (χ3v) is 2.88. The number of nitrogens with one attached hydrogen (secondary N) is 2. The zero-order valence-electron chi connectivity index (χ0n) is 13.8. The van der Waals surface area contributed by atoms with Gasteiger partial charge in [0.05, 0.1) is 6.61 Å². The Labute approximate surface area is 151 Å². The quantitative estimate of drug-likeness (QED) is 0.417. The molecule has 0 radical (unpaired) electrons. The van der Waals surface area contributed by atoms with Crippen molar-refractivity contribution >= 4 is 17.7 Å². The number of hydrogen-bond donors (Lipinski definition) is 2. The van der Waals surface area contributed by atoms with Gasteiger partial charge in [-0.1, -0.05) is 0 Å². The molecule has 0 aliphatic rings. The molecular weight excluding hydrogens is 412 g/mol. The molecule has 0 saturated carbocycles. The Morgan fingerprint density at radius 3 is 2.11 bits per heavy atom. The molecule has 158 valence electrons. The predicted molar refractivity (Wildman–Crippen MR) is 75.9 cm³/mol. The lowest BCUT2D eigenvalue weighted by Gasteiger charge is -2.33. The highest BCUT2D eigenvalue weighted by Gasteiger charge is 2.66. The van der Waals surface area contributed by atoms with Crippen LogP contribution in [0.4, 0.5) is 45.6 Å². The van der Waals surface area contributed by atoms with E-state index in [9.17, 15) is 44.7 Å². The smallest absolute Gasteiger partial charge is 0.448 e. The second-order valence-electron chi connectivity index (χ2n) is 5.01. The van der Waals surface area contributed by atoms with Crippen LogP contribution in [-0.4, -0.2) is 43.3 Å². The summed E-state index contributed by atoms with van der Waals surface area (Å²) in [7, 11) is 0. The first-order valence-electron chi connectivity index (χ1n) is 7.20. The fourth-order valence-corrected chi connectivity index (χ4v) is 1.73. The van der Waals surface area contributed by atoms with Gasteiger partial charge in [-0.3, -0.25) is 5.32 Å². The van der Waals surface area contributed by atoms with Crippen molar-refractivity contribution in [3.05, 3.63) is 29.8 Å². The summed E-state index contributed by atoms with van der Waals surface area (Å²) in [5, 5.41) is 2.53. The maximum atomic E-state index is 13.4. The first kappa shape index (κ1) is 23.4. The minimum Gasteiger partial charge on any atom is -0.462 e. The van der Waals surface area contributed by atoms with Gasteiger partial charge in [-0.05, 0) is 19.1 Å². The lowest BCUT2D eigenvalue weighted by molar-refractivity contribution is -0.305. The van der Waals surface area contributed by atoms with Crippen LogP contribution in [0.15, 0.2) is 18.2 Å². The van der Waals surface area contributed by atoms with Crippen molar-refractivity contribution in [1.82, 2.24) is 5.32 Å². The van der Waals surface area contributed by atoms with E-state index in [4.69, 9.17) is 0 Å². The zero-order chi connectivity index (χ0) is 21.8. The number of rotatable bonds is 6. The molecule has 2 N–H and O–H groups in total. The third-order valence-electron chi connectivity index (χ3n) is 2.88. The molecular formula is C14H12F8N2O4. The summed E-state index contributed by atoms with van der Waals surface area (Å²) in [6, 6.07) is -0.259. The summed E-state index contributed by atoms with van der Waals surface area (Å²) in [6.45, 7) is -2.18. The Hall–Kier alpha value is -2.64. The second-order valence-corrected chi connectivity index (χ2v) is 5.01. The Morgan fingerprint density at radius 1 is 1.04 bits per heavy atom. The topological polar surface area (TPSA) is 76.7 Å². The fourth-order valence-electron chi connectivity index (χ4n) is 1.73. The van der Waals surface area contributed by atoms with Gasteiger partial charge >= 0.3 is 30.1 Å². The number of esters is 1. The molecule has 0 bridgehead atoms.